The second kappa shape index (κ2) is 15.1. The first-order chi connectivity index (χ1) is 25.9. The largest absolute Gasteiger partial charge is 0.459 e. The number of nitrogens with zero attached hydrogens (tertiary/aromatic N) is 6. The third-order valence-corrected chi connectivity index (χ3v) is 11.1. The van der Waals surface area contributed by atoms with Crippen LogP contribution in [-0.4, -0.2) is 99.1 Å². The number of nitrogens with one attached hydrogen (secondary N) is 1. The van der Waals surface area contributed by atoms with E-state index in [4.69, 9.17) is 30.8 Å². The molecule has 3 saturated heterocycles. The van der Waals surface area contributed by atoms with Crippen molar-refractivity contribution in [1.82, 2.24) is 24.8 Å². The minimum Gasteiger partial charge on any atom is -0.459 e. The Kier molecular flexibility index (Phi) is 10.8. The molecule has 3 aliphatic heterocycles. The molecule has 7 rings (SSSR count). The summed E-state index contributed by atoms with van der Waals surface area (Å²) < 4.78 is 50.0. The quantitative estimate of drug-likeness (QED) is 0.194. The zero-order valence-corrected chi connectivity index (χ0v) is 33.9. The predicted molar refractivity (Wildman–Crippen MR) is 210 cm³/mol. The molecule has 5 heterocycles. The van der Waals surface area contributed by atoms with Crippen molar-refractivity contribution in [1.29, 1.82) is 0 Å². The van der Waals surface area contributed by atoms with E-state index in [2.05, 4.69) is 25.1 Å². The molecule has 0 aliphatic carbocycles. The van der Waals surface area contributed by atoms with Gasteiger partial charge in [0.15, 0.2) is 10.9 Å². The van der Waals surface area contributed by atoms with Gasteiger partial charge in [0, 0.05) is 36.1 Å². The van der Waals surface area contributed by atoms with Gasteiger partial charge in [-0.3, -0.25) is 15.1 Å². The molecule has 3 atom stereocenters. The van der Waals surface area contributed by atoms with E-state index in [1.165, 1.54) is 18.6 Å². The zero-order chi connectivity index (χ0) is 39.4. The summed E-state index contributed by atoms with van der Waals surface area (Å²) in [7, 11) is 0. The van der Waals surface area contributed by atoms with Gasteiger partial charge in [-0.05, 0) is 105 Å². The Morgan fingerprint density at radius 2 is 1.64 bits per heavy atom. The predicted octanol–water partition coefficient (Wildman–Crippen LogP) is 9.03. The Morgan fingerprint density at radius 1 is 0.964 bits per heavy atom. The highest BCUT2D eigenvalue weighted by atomic mass is 35.5. The monoisotopic (exact) mass is 799 g/mol. The van der Waals surface area contributed by atoms with Crippen LogP contribution < -0.4 is 15.0 Å². The summed E-state index contributed by atoms with van der Waals surface area (Å²) >= 11 is 7.86. The number of hydrogen-bond donors (Lipinski definition) is 1. The number of amides is 2. The molecule has 0 radical (unpaired) electrons. The van der Waals surface area contributed by atoms with Crippen LogP contribution in [0.5, 0.6) is 6.01 Å². The summed E-state index contributed by atoms with van der Waals surface area (Å²) in [6.07, 6.45) is 3.65. The maximum Gasteiger partial charge on any atom is 0.413 e. The lowest BCUT2D eigenvalue weighted by atomic mass is 10.0. The molecule has 2 aromatic carbocycles. The molecule has 3 fully saturated rings. The Bertz CT molecular complexity index is 2100. The van der Waals surface area contributed by atoms with E-state index in [-0.39, 0.29) is 67.3 Å². The molecule has 2 aromatic heterocycles. The van der Waals surface area contributed by atoms with Crippen molar-refractivity contribution >= 4 is 67.2 Å². The van der Waals surface area contributed by atoms with Crippen LogP contribution in [-0.2, 0) is 9.47 Å². The molecule has 0 spiro atoms. The van der Waals surface area contributed by atoms with Gasteiger partial charge in [0.25, 0.3) is 0 Å². The third-order valence-electron chi connectivity index (χ3n) is 9.87. The molecule has 3 unspecified atom stereocenters. The molecule has 12 nitrogen and oxygen atoms in total. The summed E-state index contributed by atoms with van der Waals surface area (Å²) in [5.41, 5.74) is -1.11. The highest BCUT2D eigenvalue weighted by molar-refractivity contribution is 7.22. The molecule has 1 N–H and O–H groups in total. The van der Waals surface area contributed by atoms with Gasteiger partial charge in [-0.2, -0.15) is 9.97 Å². The lowest BCUT2D eigenvalue weighted by Crippen LogP contribution is -2.57. The zero-order valence-electron chi connectivity index (χ0n) is 32.3. The number of thiazole rings is 1. The number of aromatic nitrogens is 3. The number of carbonyl (C=O) groups excluding carboxylic acids is 2. The van der Waals surface area contributed by atoms with Crippen molar-refractivity contribution in [2.24, 2.45) is 0 Å². The van der Waals surface area contributed by atoms with Crippen LogP contribution in [0.25, 0.3) is 32.2 Å². The number of anilines is 2. The van der Waals surface area contributed by atoms with Crippen molar-refractivity contribution in [2.45, 2.75) is 110 Å². The maximum atomic E-state index is 17.2. The molecule has 16 heteroatoms. The highest BCUT2D eigenvalue weighted by Gasteiger charge is 2.45. The summed E-state index contributed by atoms with van der Waals surface area (Å²) in [6, 6.07) is 3.99. The molecular weight excluding hydrogens is 752 g/mol. The number of hydrogen-bond acceptors (Lipinski definition) is 11. The van der Waals surface area contributed by atoms with E-state index in [0.29, 0.717) is 30.8 Å². The van der Waals surface area contributed by atoms with Gasteiger partial charge >= 0.3 is 18.2 Å². The highest BCUT2D eigenvalue weighted by Crippen LogP contribution is 2.44. The summed E-state index contributed by atoms with van der Waals surface area (Å²) in [4.78, 5) is 46.0. The van der Waals surface area contributed by atoms with Gasteiger partial charge in [0.2, 0.25) is 0 Å². The topological polar surface area (TPSA) is 122 Å². The Labute approximate surface area is 328 Å². The first-order valence-corrected chi connectivity index (χ1v) is 20.1. The average molecular weight is 800 g/mol. The van der Waals surface area contributed by atoms with Crippen LogP contribution in [0.15, 0.2) is 18.2 Å². The van der Waals surface area contributed by atoms with E-state index in [1.54, 1.807) is 26.8 Å². The molecule has 3 aliphatic rings. The summed E-state index contributed by atoms with van der Waals surface area (Å²) in [6.45, 7) is 16.2. The fourth-order valence-electron chi connectivity index (χ4n) is 7.73. The summed E-state index contributed by atoms with van der Waals surface area (Å²) in [5, 5.41) is 3.05. The number of rotatable bonds is 7. The molecule has 2 amide bonds. The van der Waals surface area contributed by atoms with Crippen molar-refractivity contribution < 1.29 is 32.6 Å². The molecule has 55 heavy (non-hydrogen) atoms. The molecule has 2 bridgehead atoms. The van der Waals surface area contributed by atoms with Crippen LogP contribution in [0.4, 0.5) is 29.3 Å². The minimum absolute atomic E-state index is 0.0165. The molecule has 296 valence electrons. The minimum atomic E-state index is -0.765. The Hall–Kier alpha value is -4.08. The second-order valence-corrected chi connectivity index (χ2v) is 18.1. The number of ether oxygens (including phenoxy) is 3. The van der Waals surface area contributed by atoms with Gasteiger partial charge in [-0.25, -0.2) is 23.4 Å². The van der Waals surface area contributed by atoms with Gasteiger partial charge in [0.1, 0.15) is 34.5 Å². The number of piperazine rings is 1. The first-order valence-electron chi connectivity index (χ1n) is 18.9. The van der Waals surface area contributed by atoms with Gasteiger partial charge in [0.05, 0.1) is 27.3 Å². The van der Waals surface area contributed by atoms with E-state index >= 15 is 8.78 Å². The van der Waals surface area contributed by atoms with E-state index in [0.717, 1.165) is 50.1 Å². The van der Waals surface area contributed by atoms with Crippen molar-refractivity contribution in [2.75, 3.05) is 42.9 Å². The first kappa shape index (κ1) is 39.2. The van der Waals surface area contributed by atoms with Crippen LogP contribution in [0.1, 0.15) is 80.6 Å². The normalized spacial score (nSPS) is 19.9. The van der Waals surface area contributed by atoms with Gasteiger partial charge in [-0.15, -0.1) is 0 Å². The standard InChI is InChI=1S/C39H48ClF2N7O5S/c1-21(18-47-15-9-8-10-16-47)52-34-43-30-25(33(45-34)48-19-22-11-12-23(20-48)49(22)37(51)54-39(5,6)7)17-26(40)28(29(30)42)24-13-14-27(41)32-31(24)44-35(55-32)46-36(50)53-38(2,3)4/h13-14,17,21-23H,8-12,15-16,18-20H2,1-7H3,(H,44,46,50). The fourth-order valence-corrected chi connectivity index (χ4v) is 8.91. The van der Waals surface area contributed by atoms with Crippen LogP contribution >= 0.6 is 22.9 Å². The van der Waals surface area contributed by atoms with E-state index < -0.39 is 28.9 Å². The maximum absolute atomic E-state index is 17.2. The van der Waals surface area contributed by atoms with Crippen molar-refractivity contribution in [3.63, 3.8) is 0 Å². The Balaban J connectivity index is 1.29. The molecule has 0 saturated carbocycles. The van der Waals surface area contributed by atoms with Crippen LogP contribution in [0.3, 0.4) is 0 Å². The van der Waals surface area contributed by atoms with Crippen LogP contribution in [0, 0.1) is 11.6 Å². The number of halogens is 3. The second-order valence-electron chi connectivity index (χ2n) is 16.7. The number of benzene rings is 2. The van der Waals surface area contributed by atoms with E-state index in [9.17, 15) is 9.59 Å². The van der Waals surface area contributed by atoms with Crippen molar-refractivity contribution in [3.8, 4) is 17.1 Å². The number of carbonyl (C=O) groups is 2. The smallest absolute Gasteiger partial charge is 0.413 e. The number of fused-ring (bicyclic) bond motifs is 4. The SMILES string of the molecule is CC(CN1CCCCC1)Oc1nc(N2CC3CCC(C2)N3C(=O)OC(C)(C)C)c2cc(Cl)c(-c3ccc(F)c4sc(NC(=O)OC(C)(C)C)nc34)c(F)c2n1. The van der Waals surface area contributed by atoms with Gasteiger partial charge < -0.3 is 19.1 Å². The number of likely N-dealkylation sites (tertiary alicyclic amines) is 1. The lowest BCUT2D eigenvalue weighted by Gasteiger charge is -2.42. The lowest BCUT2D eigenvalue weighted by molar-refractivity contribution is 0.0122. The molecular formula is C39H48ClF2N7O5S. The van der Waals surface area contributed by atoms with Crippen LogP contribution in [0.2, 0.25) is 5.02 Å². The third kappa shape index (κ3) is 8.53. The Morgan fingerprint density at radius 3 is 2.29 bits per heavy atom. The fraction of sp³-hybridized carbons (Fsp3) is 0.564. The summed E-state index contributed by atoms with van der Waals surface area (Å²) in [5.74, 6) is -0.897. The average Bonchev–Trinajstić information content (AvgIpc) is 3.62. The van der Waals surface area contributed by atoms with E-state index in [1.807, 2.05) is 32.6 Å². The number of piperidine rings is 1. The van der Waals surface area contributed by atoms with Gasteiger partial charge in [-0.1, -0.05) is 29.4 Å². The molecule has 4 aromatic rings. The van der Waals surface area contributed by atoms with Crippen molar-refractivity contribution in [3.05, 3.63) is 34.9 Å².